The average Bonchev–Trinajstić information content (AvgIpc) is 2.90. The van der Waals surface area contributed by atoms with Gasteiger partial charge in [0.25, 0.3) is 5.91 Å². The first-order valence-electron chi connectivity index (χ1n) is 6.27. The van der Waals surface area contributed by atoms with Crippen LogP contribution in [-0.4, -0.2) is 17.9 Å². The van der Waals surface area contributed by atoms with Gasteiger partial charge in [-0.1, -0.05) is 30.3 Å². The molecule has 1 amide bonds. The largest absolute Gasteiger partial charge is 0.351 e. The van der Waals surface area contributed by atoms with E-state index in [1.54, 1.807) is 11.9 Å². The summed E-state index contributed by atoms with van der Waals surface area (Å²) in [6.07, 6.45) is 0. The van der Waals surface area contributed by atoms with Crippen molar-refractivity contribution in [1.82, 2.24) is 4.98 Å². The summed E-state index contributed by atoms with van der Waals surface area (Å²) >= 11 is 2.24. The number of H-pyrrole nitrogens is 1. The molecule has 4 heteroatoms. The van der Waals surface area contributed by atoms with Gasteiger partial charge in [0.2, 0.25) is 0 Å². The van der Waals surface area contributed by atoms with Crippen LogP contribution in [0.2, 0.25) is 0 Å². The third-order valence-electron chi connectivity index (χ3n) is 3.28. The number of fused-ring (bicyclic) bond motifs is 1. The van der Waals surface area contributed by atoms with Gasteiger partial charge < -0.3 is 9.88 Å². The molecule has 1 aromatic heterocycles. The summed E-state index contributed by atoms with van der Waals surface area (Å²) < 4.78 is 1.05. The van der Waals surface area contributed by atoms with Crippen LogP contribution in [0.4, 0.5) is 5.69 Å². The standard InChI is InChI=1S/C16H13IN2O/c1-19(15-9-5-3-7-12(15)17)16(20)14-10-11-6-2-4-8-13(11)18-14/h2-10,18H,1H3. The highest BCUT2D eigenvalue weighted by Gasteiger charge is 2.17. The predicted molar refractivity (Wildman–Crippen MR) is 90.2 cm³/mol. The number of aromatic nitrogens is 1. The van der Waals surface area contributed by atoms with Crippen molar-refractivity contribution >= 4 is 45.1 Å². The van der Waals surface area contributed by atoms with Crippen LogP contribution >= 0.6 is 22.6 Å². The molecule has 0 saturated heterocycles. The van der Waals surface area contributed by atoms with E-state index in [2.05, 4.69) is 27.6 Å². The number of anilines is 1. The fourth-order valence-corrected chi connectivity index (χ4v) is 2.95. The molecule has 0 fully saturated rings. The normalized spacial score (nSPS) is 10.7. The van der Waals surface area contributed by atoms with E-state index in [1.165, 1.54) is 0 Å². The van der Waals surface area contributed by atoms with Crippen molar-refractivity contribution in [2.24, 2.45) is 0 Å². The number of amides is 1. The molecule has 3 aromatic rings. The van der Waals surface area contributed by atoms with Gasteiger partial charge in [0.1, 0.15) is 5.69 Å². The van der Waals surface area contributed by atoms with E-state index in [1.807, 2.05) is 54.6 Å². The van der Waals surface area contributed by atoms with Crippen LogP contribution < -0.4 is 4.90 Å². The molecule has 3 rings (SSSR count). The van der Waals surface area contributed by atoms with Crippen LogP contribution in [0.1, 0.15) is 10.5 Å². The van der Waals surface area contributed by atoms with Crippen molar-refractivity contribution in [1.29, 1.82) is 0 Å². The van der Waals surface area contributed by atoms with Gasteiger partial charge >= 0.3 is 0 Å². The van der Waals surface area contributed by atoms with Gasteiger partial charge in [0.05, 0.1) is 5.69 Å². The van der Waals surface area contributed by atoms with Crippen molar-refractivity contribution in [3.05, 3.63) is 63.9 Å². The second kappa shape index (κ2) is 5.28. The molecule has 0 saturated carbocycles. The molecule has 0 radical (unpaired) electrons. The number of para-hydroxylation sites is 2. The van der Waals surface area contributed by atoms with E-state index >= 15 is 0 Å². The second-order valence-electron chi connectivity index (χ2n) is 4.59. The van der Waals surface area contributed by atoms with Crippen molar-refractivity contribution in [2.45, 2.75) is 0 Å². The lowest BCUT2D eigenvalue weighted by molar-refractivity contribution is 0.0989. The van der Waals surface area contributed by atoms with Gasteiger partial charge in [-0.3, -0.25) is 4.79 Å². The van der Waals surface area contributed by atoms with Crippen LogP contribution in [0.15, 0.2) is 54.6 Å². The number of hydrogen-bond acceptors (Lipinski definition) is 1. The summed E-state index contributed by atoms with van der Waals surface area (Å²) in [5, 5.41) is 1.05. The maximum absolute atomic E-state index is 12.6. The van der Waals surface area contributed by atoms with E-state index < -0.39 is 0 Å². The first kappa shape index (κ1) is 13.2. The number of nitrogens with one attached hydrogen (secondary N) is 1. The Bertz CT molecular complexity index is 746. The molecule has 1 heterocycles. The molecule has 0 bridgehead atoms. The Balaban J connectivity index is 1.98. The molecule has 2 aromatic carbocycles. The van der Waals surface area contributed by atoms with E-state index in [0.717, 1.165) is 20.2 Å². The summed E-state index contributed by atoms with van der Waals surface area (Å²) in [7, 11) is 1.80. The van der Waals surface area contributed by atoms with Gasteiger partial charge in [-0.05, 0) is 46.9 Å². The van der Waals surface area contributed by atoms with E-state index in [9.17, 15) is 4.79 Å². The SMILES string of the molecule is CN(C(=O)c1cc2ccccc2[nH]1)c1ccccc1I. The minimum absolute atomic E-state index is 0.0367. The first-order valence-corrected chi connectivity index (χ1v) is 7.35. The van der Waals surface area contributed by atoms with Crippen LogP contribution in [0, 0.1) is 3.57 Å². The second-order valence-corrected chi connectivity index (χ2v) is 5.75. The summed E-state index contributed by atoms with van der Waals surface area (Å²) in [6, 6.07) is 17.6. The van der Waals surface area contributed by atoms with Crippen LogP contribution in [0.3, 0.4) is 0 Å². The Morgan fingerprint density at radius 3 is 2.55 bits per heavy atom. The summed E-state index contributed by atoms with van der Waals surface area (Å²) in [5.41, 5.74) is 2.50. The van der Waals surface area contributed by atoms with Crippen molar-refractivity contribution in [2.75, 3.05) is 11.9 Å². The van der Waals surface area contributed by atoms with Gasteiger partial charge in [0, 0.05) is 21.5 Å². The van der Waals surface area contributed by atoms with Crippen LogP contribution in [-0.2, 0) is 0 Å². The van der Waals surface area contributed by atoms with Crippen LogP contribution in [0.5, 0.6) is 0 Å². The molecule has 20 heavy (non-hydrogen) atoms. The number of carbonyl (C=O) groups is 1. The van der Waals surface area contributed by atoms with Gasteiger partial charge in [0.15, 0.2) is 0 Å². The van der Waals surface area contributed by atoms with Crippen LogP contribution in [0.25, 0.3) is 10.9 Å². The Labute approximate surface area is 130 Å². The third kappa shape index (κ3) is 2.31. The molecule has 0 unspecified atom stereocenters. The number of benzene rings is 2. The highest BCUT2D eigenvalue weighted by Crippen LogP contribution is 2.23. The molecule has 0 spiro atoms. The molecule has 1 N–H and O–H groups in total. The Kier molecular flexibility index (Phi) is 3.48. The quantitative estimate of drug-likeness (QED) is 0.674. The highest BCUT2D eigenvalue weighted by atomic mass is 127. The minimum atomic E-state index is -0.0367. The fraction of sp³-hybridized carbons (Fsp3) is 0.0625. The Morgan fingerprint density at radius 1 is 1.10 bits per heavy atom. The summed E-state index contributed by atoms with van der Waals surface area (Å²) in [6.45, 7) is 0. The topological polar surface area (TPSA) is 36.1 Å². The molecule has 0 aliphatic carbocycles. The molecule has 0 aliphatic heterocycles. The summed E-state index contributed by atoms with van der Waals surface area (Å²) in [4.78, 5) is 17.4. The van der Waals surface area contributed by atoms with Gasteiger partial charge in [-0.15, -0.1) is 0 Å². The molecule has 100 valence electrons. The lowest BCUT2D eigenvalue weighted by Crippen LogP contribution is -2.27. The van der Waals surface area contributed by atoms with Crippen molar-refractivity contribution < 1.29 is 4.79 Å². The number of nitrogens with zero attached hydrogens (tertiary/aromatic N) is 1. The van der Waals surface area contributed by atoms with Crippen molar-refractivity contribution in [3.8, 4) is 0 Å². The zero-order valence-electron chi connectivity index (χ0n) is 10.9. The number of hydrogen-bond donors (Lipinski definition) is 1. The molecular weight excluding hydrogens is 363 g/mol. The van der Waals surface area contributed by atoms with E-state index in [4.69, 9.17) is 0 Å². The van der Waals surface area contributed by atoms with Gasteiger partial charge in [-0.25, -0.2) is 0 Å². The lowest BCUT2D eigenvalue weighted by atomic mass is 10.2. The Morgan fingerprint density at radius 2 is 1.80 bits per heavy atom. The van der Waals surface area contributed by atoms with Crippen molar-refractivity contribution in [3.63, 3.8) is 0 Å². The zero-order chi connectivity index (χ0) is 14.1. The number of rotatable bonds is 2. The number of carbonyl (C=O) groups excluding carboxylic acids is 1. The maximum atomic E-state index is 12.6. The predicted octanol–water partition coefficient (Wildman–Crippen LogP) is 4.05. The minimum Gasteiger partial charge on any atom is -0.351 e. The summed E-state index contributed by atoms with van der Waals surface area (Å²) in [5.74, 6) is -0.0367. The lowest BCUT2D eigenvalue weighted by Gasteiger charge is -2.17. The third-order valence-corrected chi connectivity index (χ3v) is 4.19. The monoisotopic (exact) mass is 376 g/mol. The van der Waals surface area contributed by atoms with Gasteiger partial charge in [-0.2, -0.15) is 0 Å². The fourth-order valence-electron chi connectivity index (χ4n) is 2.20. The molecule has 3 nitrogen and oxygen atoms in total. The highest BCUT2D eigenvalue weighted by molar-refractivity contribution is 14.1. The zero-order valence-corrected chi connectivity index (χ0v) is 13.1. The Hall–Kier alpha value is -1.82. The van der Waals surface area contributed by atoms with E-state index in [0.29, 0.717) is 5.69 Å². The molecule has 0 aliphatic rings. The maximum Gasteiger partial charge on any atom is 0.274 e. The average molecular weight is 376 g/mol. The molecular formula is C16H13IN2O. The first-order chi connectivity index (χ1) is 9.66. The smallest absolute Gasteiger partial charge is 0.274 e. The number of aromatic amines is 1. The van der Waals surface area contributed by atoms with E-state index in [-0.39, 0.29) is 5.91 Å². The molecule has 0 atom stereocenters. The number of halogens is 1.